The third-order valence-corrected chi connectivity index (χ3v) is 3.90. The van der Waals surface area contributed by atoms with Gasteiger partial charge in [0.05, 0.1) is 6.04 Å². The van der Waals surface area contributed by atoms with Crippen LogP contribution in [0.5, 0.6) is 5.75 Å². The number of urea groups is 1. The summed E-state index contributed by atoms with van der Waals surface area (Å²) in [5.41, 5.74) is 0.455. The van der Waals surface area contributed by atoms with Crippen molar-refractivity contribution >= 4 is 17.1 Å². The number of nitrogens with one attached hydrogen (secondary N) is 2. The molecule has 2 aromatic rings. The van der Waals surface area contributed by atoms with E-state index in [4.69, 9.17) is 9.37 Å². The Hall–Kier alpha value is -2.35. The Bertz CT molecular complexity index is 778. The molecule has 1 aliphatic rings. The van der Waals surface area contributed by atoms with Crippen molar-refractivity contribution in [3.8, 4) is 5.75 Å². The number of ether oxygens (including phenoxy) is 1. The van der Waals surface area contributed by atoms with Crippen molar-refractivity contribution in [3.63, 3.8) is 0 Å². The summed E-state index contributed by atoms with van der Waals surface area (Å²) in [6.45, 7) is 9.19. The second-order valence-corrected chi connectivity index (χ2v) is 7.62. The molecule has 8 nitrogen and oxygen atoms in total. The summed E-state index contributed by atoms with van der Waals surface area (Å²) in [6, 6.07) is 2.40. The van der Waals surface area contributed by atoms with Crippen LogP contribution in [0.25, 0.3) is 11.0 Å². The molecule has 3 N–H and O–H groups in total. The van der Waals surface area contributed by atoms with Crippen molar-refractivity contribution in [1.82, 2.24) is 20.9 Å². The van der Waals surface area contributed by atoms with Gasteiger partial charge in [0, 0.05) is 17.2 Å². The van der Waals surface area contributed by atoms with Crippen LogP contribution in [0, 0.1) is 0 Å². The average molecular weight is 334 g/mol. The van der Waals surface area contributed by atoms with Crippen LogP contribution in [0.3, 0.4) is 0 Å². The molecule has 1 aromatic heterocycles. The van der Waals surface area contributed by atoms with E-state index < -0.39 is 23.3 Å². The zero-order valence-corrected chi connectivity index (χ0v) is 14.4. The molecule has 24 heavy (non-hydrogen) atoms. The number of fused-ring (bicyclic) bond motifs is 2. The summed E-state index contributed by atoms with van der Waals surface area (Å²) >= 11 is 0. The minimum absolute atomic E-state index is 0.367. The lowest BCUT2D eigenvalue weighted by molar-refractivity contribution is -0.0620. The number of benzene rings is 1. The Morgan fingerprint density at radius 3 is 2.50 bits per heavy atom. The number of hydrogen-bond donors (Lipinski definition) is 3. The lowest BCUT2D eigenvalue weighted by Gasteiger charge is -2.42. The van der Waals surface area contributed by atoms with E-state index in [0.29, 0.717) is 22.3 Å². The molecule has 0 saturated carbocycles. The largest absolute Gasteiger partial charge is 0.485 e. The fourth-order valence-corrected chi connectivity index (χ4v) is 2.75. The summed E-state index contributed by atoms with van der Waals surface area (Å²) in [7, 11) is 0. The summed E-state index contributed by atoms with van der Waals surface area (Å²) in [4.78, 5) is 12.3. The molecule has 2 atom stereocenters. The van der Waals surface area contributed by atoms with Crippen LogP contribution in [0.2, 0.25) is 0 Å². The number of carbonyl (C=O) groups is 1. The minimum atomic E-state index is -0.937. The lowest BCUT2D eigenvalue weighted by Crippen LogP contribution is -2.56. The monoisotopic (exact) mass is 334 g/mol. The van der Waals surface area contributed by atoms with Gasteiger partial charge in [0.1, 0.15) is 28.5 Å². The van der Waals surface area contributed by atoms with Gasteiger partial charge in [-0.3, -0.25) is 0 Å². The molecule has 0 fully saturated rings. The molecule has 3 rings (SSSR count). The van der Waals surface area contributed by atoms with Gasteiger partial charge in [-0.15, -0.1) is 0 Å². The van der Waals surface area contributed by atoms with Crippen molar-refractivity contribution in [2.75, 3.05) is 0 Å². The zero-order valence-electron chi connectivity index (χ0n) is 14.4. The van der Waals surface area contributed by atoms with E-state index >= 15 is 0 Å². The van der Waals surface area contributed by atoms with Gasteiger partial charge in [-0.2, -0.15) is 0 Å². The van der Waals surface area contributed by atoms with E-state index in [1.54, 1.807) is 26.0 Å². The van der Waals surface area contributed by atoms with E-state index in [1.165, 1.54) is 0 Å². The predicted molar refractivity (Wildman–Crippen MR) is 86.7 cm³/mol. The van der Waals surface area contributed by atoms with Gasteiger partial charge in [-0.05, 0) is 51.0 Å². The van der Waals surface area contributed by atoms with Crippen molar-refractivity contribution in [2.24, 2.45) is 0 Å². The molecule has 0 bridgehead atoms. The van der Waals surface area contributed by atoms with Crippen LogP contribution in [0.15, 0.2) is 16.8 Å². The topological polar surface area (TPSA) is 110 Å². The number of aromatic nitrogens is 2. The fourth-order valence-electron chi connectivity index (χ4n) is 2.75. The van der Waals surface area contributed by atoms with Crippen molar-refractivity contribution in [3.05, 3.63) is 17.7 Å². The van der Waals surface area contributed by atoms with Crippen LogP contribution in [-0.4, -0.2) is 38.7 Å². The smallest absolute Gasteiger partial charge is 0.315 e. The predicted octanol–water partition coefficient (Wildman–Crippen LogP) is 1.89. The average Bonchev–Trinajstić information content (AvgIpc) is 2.87. The number of aliphatic hydroxyl groups is 1. The molecule has 1 aliphatic heterocycles. The first-order chi connectivity index (χ1) is 11.1. The quantitative estimate of drug-likeness (QED) is 0.735. The second-order valence-electron chi connectivity index (χ2n) is 7.62. The van der Waals surface area contributed by atoms with E-state index in [-0.39, 0.29) is 6.03 Å². The number of amides is 2. The minimum Gasteiger partial charge on any atom is -0.485 e. The van der Waals surface area contributed by atoms with Crippen LogP contribution in [0.1, 0.15) is 46.2 Å². The molecule has 2 unspecified atom stereocenters. The Labute approximate surface area is 139 Å². The molecule has 8 heteroatoms. The molecule has 130 valence electrons. The standard InChI is InChI=1S/C16H22N4O4/c1-15(2,3)18-14(22)17-12-8-6-9-10(20-24-19-9)7-11(8)23-16(4,5)13(12)21/h6-7,12-13,21H,1-5H3,(H2,17,18,22). The van der Waals surface area contributed by atoms with E-state index in [0.717, 1.165) is 0 Å². The van der Waals surface area contributed by atoms with Crippen LogP contribution in [-0.2, 0) is 0 Å². The highest BCUT2D eigenvalue weighted by Gasteiger charge is 2.44. The molecule has 0 aliphatic carbocycles. The van der Waals surface area contributed by atoms with Gasteiger partial charge in [-0.1, -0.05) is 0 Å². The van der Waals surface area contributed by atoms with Gasteiger partial charge in [0.25, 0.3) is 0 Å². The van der Waals surface area contributed by atoms with Gasteiger partial charge in [-0.25, -0.2) is 9.42 Å². The van der Waals surface area contributed by atoms with Gasteiger partial charge in [0.15, 0.2) is 0 Å². The Balaban J connectivity index is 1.99. The van der Waals surface area contributed by atoms with Gasteiger partial charge >= 0.3 is 6.03 Å². The van der Waals surface area contributed by atoms with Crippen molar-refractivity contribution < 1.29 is 19.3 Å². The third-order valence-electron chi connectivity index (χ3n) is 3.90. The first-order valence-electron chi connectivity index (χ1n) is 7.79. The number of hydrogen-bond acceptors (Lipinski definition) is 6. The highest BCUT2D eigenvalue weighted by atomic mass is 16.6. The molecule has 0 radical (unpaired) electrons. The second kappa shape index (κ2) is 5.34. The highest BCUT2D eigenvalue weighted by Crippen LogP contribution is 2.41. The molecule has 2 amide bonds. The molecular formula is C16H22N4O4. The summed E-state index contributed by atoms with van der Waals surface area (Å²) in [6.07, 6.45) is -0.937. The number of rotatable bonds is 1. The molecule has 1 aromatic carbocycles. The lowest BCUT2D eigenvalue weighted by atomic mass is 9.86. The van der Waals surface area contributed by atoms with Crippen molar-refractivity contribution in [1.29, 1.82) is 0 Å². The zero-order chi connectivity index (χ0) is 17.7. The highest BCUT2D eigenvalue weighted by molar-refractivity contribution is 5.79. The first-order valence-corrected chi connectivity index (χ1v) is 7.79. The molecule has 0 spiro atoms. The van der Waals surface area contributed by atoms with Crippen LogP contribution in [0.4, 0.5) is 4.79 Å². The number of aliphatic hydroxyl groups excluding tert-OH is 1. The maximum Gasteiger partial charge on any atom is 0.315 e. The summed E-state index contributed by atoms with van der Waals surface area (Å²) < 4.78 is 10.6. The van der Waals surface area contributed by atoms with Gasteiger partial charge in [0.2, 0.25) is 0 Å². The summed E-state index contributed by atoms with van der Waals surface area (Å²) in [5.74, 6) is 0.537. The first kappa shape index (κ1) is 16.5. The van der Waals surface area contributed by atoms with E-state index in [1.807, 2.05) is 20.8 Å². The van der Waals surface area contributed by atoms with Gasteiger partial charge < -0.3 is 20.5 Å². The fraction of sp³-hybridized carbons (Fsp3) is 0.562. The van der Waals surface area contributed by atoms with E-state index in [9.17, 15) is 9.90 Å². The molecular weight excluding hydrogens is 312 g/mol. The molecule has 0 saturated heterocycles. The summed E-state index contributed by atoms with van der Waals surface area (Å²) in [5, 5.41) is 24.0. The Morgan fingerprint density at radius 1 is 1.25 bits per heavy atom. The number of carbonyl (C=O) groups excluding carboxylic acids is 1. The Morgan fingerprint density at radius 2 is 1.88 bits per heavy atom. The Kier molecular flexibility index (Phi) is 3.67. The third kappa shape index (κ3) is 3.01. The van der Waals surface area contributed by atoms with E-state index in [2.05, 4.69) is 20.9 Å². The number of nitrogens with zero attached hydrogens (tertiary/aromatic N) is 2. The van der Waals surface area contributed by atoms with Crippen molar-refractivity contribution in [2.45, 2.75) is 57.9 Å². The maximum atomic E-state index is 12.3. The molecule has 2 heterocycles. The SMILES string of the molecule is CC(C)(C)NC(=O)NC1c2cc3nonc3cc2OC(C)(C)C1O. The normalized spacial score (nSPS) is 22.6. The van der Waals surface area contributed by atoms with Crippen LogP contribution >= 0.6 is 0 Å². The van der Waals surface area contributed by atoms with Crippen LogP contribution < -0.4 is 15.4 Å². The maximum absolute atomic E-state index is 12.3.